The van der Waals surface area contributed by atoms with Gasteiger partial charge in [-0.1, -0.05) is 0 Å². The Morgan fingerprint density at radius 2 is 1.14 bits per heavy atom. The Bertz CT molecular complexity index is 197. The zero-order valence-electron chi connectivity index (χ0n) is 15.5. The van der Waals surface area contributed by atoms with Crippen LogP contribution in [-0.4, -0.2) is 49.9 Å². The Morgan fingerprint density at radius 1 is 0.714 bits per heavy atom. The van der Waals surface area contributed by atoms with Crippen LogP contribution >= 0.6 is 0 Å². The van der Waals surface area contributed by atoms with Gasteiger partial charge in [0.2, 0.25) is 0 Å². The minimum atomic E-state index is -2.32. The number of unbranched alkanes of at least 4 members (excludes halogenated alkanes) is 3. The van der Waals surface area contributed by atoms with E-state index >= 15 is 0 Å². The predicted molar refractivity (Wildman–Crippen MR) is 98.6 cm³/mol. The van der Waals surface area contributed by atoms with E-state index < -0.39 is 18.8 Å². The van der Waals surface area contributed by atoms with Crippen LogP contribution in [0.15, 0.2) is 0 Å². The first-order valence-electron chi connectivity index (χ1n) is 9.54. The van der Waals surface area contributed by atoms with Gasteiger partial charge in [0.25, 0.3) is 0 Å². The van der Waals surface area contributed by atoms with Crippen molar-refractivity contribution >= 4 is 18.8 Å². The van der Waals surface area contributed by atoms with Gasteiger partial charge in [0.05, 0.1) is 0 Å². The summed E-state index contributed by atoms with van der Waals surface area (Å²) in [6, 6.07) is 0. The molecular weight excluding hydrogens is 365 g/mol. The number of hydrogen-bond acceptors (Lipinski definition) is 2. The standard InChI is InChI=1S/C6H14NO.3C4H9.Sn/c1-3-7(4-2)5-6-8;3*1-3-4-2;/h3-6H2,1-2H3;3*1,3-4H2,2H3;/q-1;;;;+1. The molecular formula is C18H41NOSn. The van der Waals surface area contributed by atoms with Gasteiger partial charge in [-0.2, -0.15) is 0 Å². The molecule has 0 aromatic heterocycles. The molecule has 0 unspecified atom stereocenters. The van der Waals surface area contributed by atoms with Crippen LogP contribution in [0.3, 0.4) is 0 Å². The van der Waals surface area contributed by atoms with E-state index in [0.717, 1.165) is 26.2 Å². The molecule has 0 fully saturated rings. The van der Waals surface area contributed by atoms with Crippen molar-refractivity contribution in [2.24, 2.45) is 0 Å². The quantitative estimate of drug-likeness (QED) is 0.324. The number of nitrogens with zero attached hydrogens (tertiary/aromatic N) is 1. The second-order valence-electron chi connectivity index (χ2n) is 6.37. The molecule has 0 aromatic carbocycles. The van der Waals surface area contributed by atoms with Crippen LogP contribution in [0.4, 0.5) is 0 Å². The zero-order chi connectivity index (χ0) is 16.0. The summed E-state index contributed by atoms with van der Waals surface area (Å²) in [4.78, 5) is 2.50. The van der Waals surface area contributed by atoms with Gasteiger partial charge < -0.3 is 0 Å². The Balaban J connectivity index is 4.54. The van der Waals surface area contributed by atoms with Gasteiger partial charge in [-0.05, 0) is 0 Å². The van der Waals surface area contributed by atoms with Gasteiger partial charge in [0.1, 0.15) is 0 Å². The molecule has 0 aliphatic heterocycles. The molecule has 0 aliphatic rings. The second-order valence-corrected chi connectivity index (χ2v) is 18.2. The average Bonchev–Trinajstić information content (AvgIpc) is 2.52. The third kappa shape index (κ3) is 10.2. The molecule has 21 heavy (non-hydrogen) atoms. The molecule has 0 rings (SSSR count). The SMILES string of the molecule is CCC[CH2][Sn]([CH2]CCC)([CH2]CCC)[O]CCN(CC)CC. The van der Waals surface area contributed by atoms with Crippen molar-refractivity contribution in [1.82, 2.24) is 4.90 Å². The Labute approximate surface area is 139 Å². The predicted octanol–water partition coefficient (Wildman–Crippen LogP) is 5.69. The molecule has 0 N–H and O–H groups in total. The van der Waals surface area contributed by atoms with E-state index in [9.17, 15) is 0 Å². The summed E-state index contributed by atoms with van der Waals surface area (Å²) < 4.78 is 11.1. The first-order chi connectivity index (χ1) is 10.2. The third-order valence-corrected chi connectivity index (χ3v) is 17.8. The fourth-order valence-electron chi connectivity index (χ4n) is 3.02. The molecule has 0 aromatic rings. The Kier molecular flexibility index (Phi) is 14.8. The van der Waals surface area contributed by atoms with Crippen molar-refractivity contribution in [3.8, 4) is 0 Å². The third-order valence-electron chi connectivity index (χ3n) is 4.67. The topological polar surface area (TPSA) is 12.5 Å². The van der Waals surface area contributed by atoms with Crippen molar-refractivity contribution < 1.29 is 3.07 Å². The molecule has 0 bridgehead atoms. The fraction of sp³-hybridized carbons (Fsp3) is 1.00. The van der Waals surface area contributed by atoms with Gasteiger partial charge in [-0.15, -0.1) is 0 Å². The van der Waals surface area contributed by atoms with E-state index in [2.05, 4.69) is 39.5 Å². The molecule has 2 nitrogen and oxygen atoms in total. The molecule has 0 radical (unpaired) electrons. The first-order valence-corrected chi connectivity index (χ1v) is 16.8. The summed E-state index contributed by atoms with van der Waals surface area (Å²) in [5.74, 6) is 0. The van der Waals surface area contributed by atoms with Crippen LogP contribution in [0.1, 0.15) is 73.1 Å². The van der Waals surface area contributed by atoms with Crippen LogP contribution in [0, 0.1) is 0 Å². The van der Waals surface area contributed by atoms with E-state index in [1.165, 1.54) is 51.8 Å². The molecule has 0 aliphatic carbocycles. The summed E-state index contributed by atoms with van der Waals surface area (Å²) in [7, 11) is 0. The van der Waals surface area contributed by atoms with Crippen LogP contribution in [0.5, 0.6) is 0 Å². The van der Waals surface area contributed by atoms with Crippen molar-refractivity contribution in [2.45, 2.75) is 86.5 Å². The van der Waals surface area contributed by atoms with Gasteiger partial charge in [0, 0.05) is 0 Å². The van der Waals surface area contributed by atoms with Gasteiger partial charge >= 0.3 is 139 Å². The van der Waals surface area contributed by atoms with Crippen LogP contribution < -0.4 is 0 Å². The van der Waals surface area contributed by atoms with E-state index in [-0.39, 0.29) is 0 Å². The summed E-state index contributed by atoms with van der Waals surface area (Å²) in [5.41, 5.74) is 0. The van der Waals surface area contributed by atoms with Gasteiger partial charge in [-0.25, -0.2) is 0 Å². The van der Waals surface area contributed by atoms with E-state index in [1.807, 2.05) is 0 Å². The maximum atomic E-state index is 6.74. The van der Waals surface area contributed by atoms with Crippen LogP contribution in [0.25, 0.3) is 0 Å². The average molecular weight is 406 g/mol. The molecule has 0 amide bonds. The summed E-state index contributed by atoms with van der Waals surface area (Å²) in [6.07, 6.45) is 8.18. The zero-order valence-corrected chi connectivity index (χ0v) is 18.4. The van der Waals surface area contributed by atoms with E-state index in [1.54, 1.807) is 0 Å². The van der Waals surface area contributed by atoms with Crippen molar-refractivity contribution in [2.75, 3.05) is 26.2 Å². The monoisotopic (exact) mass is 407 g/mol. The van der Waals surface area contributed by atoms with Crippen LogP contribution in [0.2, 0.25) is 13.3 Å². The second kappa shape index (κ2) is 14.3. The van der Waals surface area contributed by atoms with Gasteiger partial charge in [-0.3, -0.25) is 0 Å². The van der Waals surface area contributed by atoms with Gasteiger partial charge in [0.15, 0.2) is 0 Å². The molecule has 3 heteroatoms. The molecule has 0 spiro atoms. The Hall–Kier alpha value is 0.719. The Morgan fingerprint density at radius 3 is 1.48 bits per heavy atom. The summed E-state index contributed by atoms with van der Waals surface area (Å²) in [6.45, 7) is 15.9. The molecule has 0 heterocycles. The maximum absolute atomic E-state index is 6.74. The van der Waals surface area contributed by atoms with Crippen LogP contribution in [-0.2, 0) is 3.07 Å². The van der Waals surface area contributed by atoms with E-state index in [0.29, 0.717) is 0 Å². The van der Waals surface area contributed by atoms with E-state index in [4.69, 9.17) is 3.07 Å². The number of rotatable bonds is 15. The minimum absolute atomic E-state index is 0.995. The molecule has 0 atom stereocenters. The molecule has 128 valence electrons. The molecule has 0 saturated carbocycles. The summed E-state index contributed by atoms with van der Waals surface area (Å²) >= 11 is -2.32. The number of hydrogen-bond donors (Lipinski definition) is 0. The van der Waals surface area contributed by atoms with Crippen molar-refractivity contribution in [3.05, 3.63) is 0 Å². The van der Waals surface area contributed by atoms with Crippen molar-refractivity contribution in [1.29, 1.82) is 0 Å². The summed E-state index contributed by atoms with van der Waals surface area (Å²) in [5, 5.41) is 0. The molecule has 0 saturated heterocycles. The number of likely N-dealkylation sites (N-methyl/N-ethyl adjacent to an activating group) is 1. The first kappa shape index (κ1) is 21.7. The van der Waals surface area contributed by atoms with Crippen molar-refractivity contribution in [3.63, 3.8) is 0 Å². The fourth-order valence-corrected chi connectivity index (χ4v) is 16.4. The normalized spacial score (nSPS) is 12.3.